The van der Waals surface area contributed by atoms with Crippen molar-refractivity contribution < 1.29 is 0 Å². The molecule has 2 atom stereocenters. The molecule has 2 unspecified atom stereocenters. The fourth-order valence-corrected chi connectivity index (χ4v) is 4.11. The Bertz CT molecular complexity index is 504. The lowest BCUT2D eigenvalue weighted by atomic mass is 9.78. The second-order valence-electron chi connectivity index (χ2n) is 5.72. The molecule has 100 valence electrons. The summed E-state index contributed by atoms with van der Waals surface area (Å²) in [7, 11) is 0. The monoisotopic (exact) mass is 318 g/mol. The summed E-state index contributed by atoms with van der Waals surface area (Å²) >= 11 is 3.54. The average Bonchev–Trinajstić information content (AvgIpc) is 2.46. The molecule has 2 nitrogen and oxygen atoms in total. The minimum absolute atomic E-state index is 0.656. The van der Waals surface area contributed by atoms with Gasteiger partial charge in [0.15, 0.2) is 0 Å². The van der Waals surface area contributed by atoms with Crippen molar-refractivity contribution in [2.24, 2.45) is 5.92 Å². The quantitative estimate of drug-likeness (QED) is 0.763. The third kappa shape index (κ3) is 2.51. The first-order chi connectivity index (χ1) is 9.29. The van der Waals surface area contributed by atoms with Crippen LogP contribution in [0.3, 0.4) is 0 Å². The van der Waals surface area contributed by atoms with Gasteiger partial charge in [-0.1, -0.05) is 28.8 Å². The van der Waals surface area contributed by atoms with E-state index in [1.54, 1.807) is 0 Å². The molecule has 1 aromatic carbocycles. The first-order valence-corrected chi connectivity index (χ1v) is 8.05. The van der Waals surface area contributed by atoms with E-state index in [-0.39, 0.29) is 0 Å². The van der Waals surface area contributed by atoms with Crippen molar-refractivity contribution in [2.75, 3.05) is 11.4 Å². The molecule has 0 spiro atoms. The van der Waals surface area contributed by atoms with Gasteiger partial charge in [0.2, 0.25) is 0 Å². The van der Waals surface area contributed by atoms with Gasteiger partial charge in [0, 0.05) is 17.1 Å². The van der Waals surface area contributed by atoms with Crippen LogP contribution < -0.4 is 4.90 Å². The Hall–Kier alpha value is -1.01. The molecule has 3 heteroatoms. The van der Waals surface area contributed by atoms with Gasteiger partial charge in [-0.15, -0.1) is 0 Å². The minimum atomic E-state index is 0.656. The second-order valence-corrected chi connectivity index (χ2v) is 6.64. The normalized spacial score (nSPS) is 26.6. The van der Waals surface area contributed by atoms with Gasteiger partial charge in [-0.2, -0.15) is 5.26 Å². The highest BCUT2D eigenvalue weighted by Gasteiger charge is 2.34. The molecule has 0 N–H and O–H groups in total. The van der Waals surface area contributed by atoms with Crippen LogP contribution >= 0.6 is 15.9 Å². The first kappa shape index (κ1) is 13.0. The van der Waals surface area contributed by atoms with Crippen LogP contribution in [0.2, 0.25) is 0 Å². The lowest BCUT2D eigenvalue weighted by molar-refractivity contribution is 0.244. The van der Waals surface area contributed by atoms with E-state index in [0.717, 1.165) is 28.2 Å². The molecule has 1 heterocycles. The zero-order valence-electron chi connectivity index (χ0n) is 11.1. The molecule has 1 saturated carbocycles. The van der Waals surface area contributed by atoms with Gasteiger partial charge in [-0.05, 0) is 49.8 Å². The highest BCUT2D eigenvalue weighted by atomic mass is 79.9. The third-order valence-corrected chi connectivity index (χ3v) is 5.13. The Morgan fingerprint density at radius 2 is 1.95 bits per heavy atom. The molecular weight excluding hydrogens is 300 g/mol. The van der Waals surface area contributed by atoms with Gasteiger partial charge in [-0.3, -0.25) is 0 Å². The van der Waals surface area contributed by atoms with Crippen molar-refractivity contribution in [3.8, 4) is 6.07 Å². The average molecular weight is 319 g/mol. The summed E-state index contributed by atoms with van der Waals surface area (Å²) < 4.78 is 1.07. The summed E-state index contributed by atoms with van der Waals surface area (Å²) in [5.74, 6) is 0.841. The summed E-state index contributed by atoms with van der Waals surface area (Å²) in [5, 5.41) is 9.34. The van der Waals surface area contributed by atoms with Crippen molar-refractivity contribution in [2.45, 2.75) is 44.6 Å². The van der Waals surface area contributed by atoms with Crippen LogP contribution in [0.15, 0.2) is 22.7 Å². The summed E-state index contributed by atoms with van der Waals surface area (Å²) in [6.07, 6.45) is 8.03. The van der Waals surface area contributed by atoms with E-state index in [0.29, 0.717) is 6.04 Å². The number of halogens is 1. The predicted octanol–water partition coefficient (Wildman–Crippen LogP) is 4.48. The number of benzene rings is 1. The van der Waals surface area contributed by atoms with E-state index in [2.05, 4.69) is 33.0 Å². The molecule has 19 heavy (non-hydrogen) atoms. The summed E-state index contributed by atoms with van der Waals surface area (Å²) in [4.78, 5) is 2.51. The maximum absolute atomic E-state index is 9.34. The summed E-state index contributed by atoms with van der Waals surface area (Å²) in [5.41, 5.74) is 1.95. The summed E-state index contributed by atoms with van der Waals surface area (Å²) in [6.45, 7) is 1.10. The van der Waals surface area contributed by atoms with E-state index in [9.17, 15) is 5.26 Å². The molecule has 0 bridgehead atoms. The van der Waals surface area contributed by atoms with Crippen LogP contribution in [-0.4, -0.2) is 12.6 Å². The smallest absolute Gasteiger partial charge is 0.101 e. The number of anilines is 1. The molecule has 0 aromatic heterocycles. The zero-order valence-corrected chi connectivity index (χ0v) is 12.7. The van der Waals surface area contributed by atoms with E-state index in [1.165, 1.54) is 38.5 Å². The molecular formula is C16H19BrN2. The van der Waals surface area contributed by atoms with Crippen LogP contribution in [0.4, 0.5) is 5.69 Å². The number of piperidine rings is 1. The molecule has 0 amide bonds. The van der Waals surface area contributed by atoms with Crippen molar-refractivity contribution in [1.82, 2.24) is 0 Å². The summed E-state index contributed by atoms with van der Waals surface area (Å²) in [6, 6.07) is 9.03. The molecule has 1 saturated heterocycles. The Balaban J connectivity index is 1.96. The van der Waals surface area contributed by atoms with Crippen LogP contribution in [0.5, 0.6) is 0 Å². The molecule has 2 aliphatic rings. The van der Waals surface area contributed by atoms with Crippen molar-refractivity contribution in [3.63, 3.8) is 0 Å². The Labute approximate surface area is 123 Å². The highest BCUT2D eigenvalue weighted by molar-refractivity contribution is 9.10. The Kier molecular flexibility index (Phi) is 3.79. The lowest BCUT2D eigenvalue weighted by Crippen LogP contribution is -2.47. The van der Waals surface area contributed by atoms with Gasteiger partial charge >= 0.3 is 0 Å². The molecule has 1 aliphatic carbocycles. The molecule has 0 radical (unpaired) electrons. The minimum Gasteiger partial charge on any atom is -0.367 e. The molecule has 3 rings (SSSR count). The van der Waals surface area contributed by atoms with Gasteiger partial charge in [-0.25, -0.2) is 0 Å². The number of nitriles is 1. The number of nitrogens with zero attached hydrogens (tertiary/aromatic N) is 2. The van der Waals surface area contributed by atoms with Gasteiger partial charge in [0.1, 0.15) is 6.07 Å². The highest BCUT2D eigenvalue weighted by Crippen LogP contribution is 2.39. The van der Waals surface area contributed by atoms with Crippen LogP contribution in [0.1, 0.15) is 44.1 Å². The standard InChI is InChI=1S/C16H19BrN2/c17-14-8-7-13(11-18)16(10-14)19-9-3-5-12-4-1-2-6-15(12)19/h7-8,10,12,15H,1-6,9H2. The fraction of sp³-hybridized carbons (Fsp3) is 0.562. The molecule has 2 fully saturated rings. The zero-order chi connectivity index (χ0) is 13.2. The van der Waals surface area contributed by atoms with E-state index in [1.807, 2.05) is 12.1 Å². The van der Waals surface area contributed by atoms with E-state index >= 15 is 0 Å². The third-order valence-electron chi connectivity index (χ3n) is 4.63. The lowest BCUT2D eigenvalue weighted by Gasteiger charge is -2.45. The number of hydrogen-bond acceptors (Lipinski definition) is 2. The van der Waals surface area contributed by atoms with Crippen molar-refractivity contribution in [3.05, 3.63) is 28.2 Å². The topological polar surface area (TPSA) is 27.0 Å². The Morgan fingerprint density at radius 3 is 2.79 bits per heavy atom. The second kappa shape index (κ2) is 5.54. The predicted molar refractivity (Wildman–Crippen MR) is 81.2 cm³/mol. The van der Waals surface area contributed by atoms with Gasteiger partial charge in [0.05, 0.1) is 11.3 Å². The van der Waals surface area contributed by atoms with Crippen molar-refractivity contribution in [1.29, 1.82) is 5.26 Å². The van der Waals surface area contributed by atoms with Crippen LogP contribution in [0, 0.1) is 17.2 Å². The molecule has 1 aliphatic heterocycles. The van der Waals surface area contributed by atoms with Gasteiger partial charge in [0.25, 0.3) is 0 Å². The molecule has 1 aromatic rings. The Morgan fingerprint density at radius 1 is 1.16 bits per heavy atom. The van der Waals surface area contributed by atoms with Gasteiger partial charge < -0.3 is 4.90 Å². The van der Waals surface area contributed by atoms with Crippen LogP contribution in [-0.2, 0) is 0 Å². The largest absolute Gasteiger partial charge is 0.367 e. The number of rotatable bonds is 1. The van der Waals surface area contributed by atoms with E-state index < -0.39 is 0 Å². The SMILES string of the molecule is N#Cc1ccc(Br)cc1N1CCCC2CCCCC21. The van der Waals surface area contributed by atoms with E-state index in [4.69, 9.17) is 0 Å². The fourth-order valence-electron chi connectivity index (χ4n) is 3.76. The first-order valence-electron chi connectivity index (χ1n) is 7.26. The maximum Gasteiger partial charge on any atom is 0.101 e. The van der Waals surface area contributed by atoms with Crippen LogP contribution in [0.25, 0.3) is 0 Å². The number of hydrogen-bond donors (Lipinski definition) is 0. The maximum atomic E-state index is 9.34. The number of fused-ring (bicyclic) bond motifs is 1. The van der Waals surface area contributed by atoms with Crippen molar-refractivity contribution >= 4 is 21.6 Å².